The minimum atomic E-state index is -2.68. The van der Waals surface area contributed by atoms with Crippen molar-refractivity contribution in [3.63, 3.8) is 0 Å². The number of rotatable bonds is 5. The van der Waals surface area contributed by atoms with Gasteiger partial charge in [0.1, 0.15) is 5.52 Å². The van der Waals surface area contributed by atoms with Gasteiger partial charge in [0.05, 0.1) is 29.1 Å². The van der Waals surface area contributed by atoms with E-state index in [0.717, 1.165) is 17.8 Å². The molecule has 1 saturated carbocycles. The Morgan fingerprint density at radius 3 is 2.79 bits per heavy atom. The van der Waals surface area contributed by atoms with Crippen LogP contribution in [0.5, 0.6) is 5.88 Å². The normalized spacial score (nSPS) is 26.2. The molecule has 0 saturated heterocycles. The number of nitrogens with two attached hydrogens (primary N) is 1. The average Bonchev–Trinajstić information content (AvgIpc) is 3.53. The first-order chi connectivity index (χ1) is 15.7. The molecule has 0 amide bonds. The first-order valence-electron chi connectivity index (χ1n) is 9.92. The molecule has 7 nitrogen and oxygen atoms in total. The first-order valence-corrected chi connectivity index (χ1v) is 10.7. The summed E-state index contributed by atoms with van der Waals surface area (Å²) in [6.07, 6.45) is 0.300. The van der Waals surface area contributed by atoms with Gasteiger partial charge in [-0.2, -0.15) is 0 Å². The summed E-state index contributed by atoms with van der Waals surface area (Å²) >= 11 is 0.800. The van der Waals surface area contributed by atoms with Crippen LogP contribution >= 0.6 is 11.8 Å². The summed E-state index contributed by atoms with van der Waals surface area (Å²) in [6, 6.07) is 3.93. The quantitative estimate of drug-likeness (QED) is 0.526. The van der Waals surface area contributed by atoms with Gasteiger partial charge in [0.25, 0.3) is 6.43 Å². The fourth-order valence-electron chi connectivity index (χ4n) is 4.39. The zero-order chi connectivity index (χ0) is 23.5. The van der Waals surface area contributed by atoms with Gasteiger partial charge in [0, 0.05) is 29.4 Å². The van der Waals surface area contributed by atoms with Crippen molar-refractivity contribution in [3.8, 4) is 5.88 Å². The lowest BCUT2D eigenvalue weighted by Gasteiger charge is -2.34. The number of fused-ring (bicyclic) bond motifs is 2. The Labute approximate surface area is 189 Å². The third-order valence-electron chi connectivity index (χ3n) is 6.12. The number of amidine groups is 1. The molecule has 33 heavy (non-hydrogen) atoms. The minimum absolute atomic E-state index is 0.0790. The number of hydrogen-bond acceptors (Lipinski definition) is 8. The van der Waals surface area contributed by atoms with E-state index >= 15 is 0 Å². The van der Waals surface area contributed by atoms with E-state index in [1.54, 1.807) is 6.07 Å². The van der Waals surface area contributed by atoms with Crippen molar-refractivity contribution in [3.05, 3.63) is 47.8 Å². The van der Waals surface area contributed by atoms with Crippen LogP contribution in [0.3, 0.4) is 0 Å². The fraction of sp³-hybridized carbons (Fsp3) is 0.333. The molecule has 12 heteroatoms. The molecule has 0 radical (unpaired) electrons. The molecule has 0 bridgehead atoms. The van der Waals surface area contributed by atoms with E-state index in [0.29, 0.717) is 16.9 Å². The predicted octanol–water partition coefficient (Wildman–Crippen LogP) is 4.36. The van der Waals surface area contributed by atoms with E-state index < -0.39 is 34.3 Å². The molecule has 0 spiro atoms. The Kier molecular flexibility index (Phi) is 4.89. The van der Waals surface area contributed by atoms with E-state index in [-0.39, 0.29) is 28.7 Å². The van der Waals surface area contributed by atoms with Crippen LogP contribution in [-0.4, -0.2) is 38.4 Å². The van der Waals surface area contributed by atoms with E-state index in [1.165, 1.54) is 32.5 Å². The molecule has 172 valence electrons. The highest BCUT2D eigenvalue weighted by atomic mass is 32.2. The van der Waals surface area contributed by atoms with E-state index in [4.69, 9.17) is 10.5 Å². The lowest BCUT2D eigenvalue weighted by Crippen LogP contribution is -2.39. The number of aromatic nitrogens is 3. The van der Waals surface area contributed by atoms with Gasteiger partial charge in [-0.05, 0) is 25.5 Å². The molecule has 0 unspecified atom stereocenters. The van der Waals surface area contributed by atoms with Gasteiger partial charge in [-0.25, -0.2) is 32.5 Å². The number of alkyl halides is 2. The van der Waals surface area contributed by atoms with E-state index in [1.807, 2.05) is 0 Å². The highest BCUT2D eigenvalue weighted by Gasteiger charge is 2.71. The van der Waals surface area contributed by atoms with Gasteiger partial charge < -0.3 is 15.8 Å². The van der Waals surface area contributed by atoms with Gasteiger partial charge in [-0.1, -0.05) is 11.8 Å². The number of ether oxygens (including phenoxy) is 1. The van der Waals surface area contributed by atoms with Crippen LogP contribution in [0.2, 0.25) is 0 Å². The summed E-state index contributed by atoms with van der Waals surface area (Å²) in [7, 11) is 1.46. The van der Waals surface area contributed by atoms with Crippen LogP contribution in [0.4, 0.5) is 29.1 Å². The zero-order valence-electron chi connectivity index (χ0n) is 17.4. The SMILES string of the molecule is COc1cnc2c(Nc3cc(F)c(F)c([C@]4(C)N=C(N)S[C@@]5(C(F)F)C[C@@H]45)c3)nccc2n1. The molecule has 2 aromatic heterocycles. The number of methoxy groups -OCH3 is 1. The van der Waals surface area contributed by atoms with Crippen molar-refractivity contribution in [2.75, 3.05) is 12.4 Å². The molecule has 1 aliphatic heterocycles. The van der Waals surface area contributed by atoms with Gasteiger partial charge in [-0.3, -0.25) is 4.99 Å². The van der Waals surface area contributed by atoms with E-state index in [9.17, 15) is 17.6 Å². The molecular formula is C21H18F4N6OS. The van der Waals surface area contributed by atoms with Crippen LogP contribution in [0.15, 0.2) is 35.6 Å². The molecule has 3 N–H and O–H groups in total. The standard InChI is InChI=1S/C21H18F4N6OS/c1-20(13-7-21(13,18(24)25)33-19(26)31-20)10-5-9(6-11(22)15(10)23)29-17-16-12(3-4-27-17)30-14(32-2)8-28-16/h3-6,8,13,18H,7H2,1-2H3,(H2,26,31)(H,27,29)/t13-,20-,21-/m0/s1. The number of aliphatic imine (C=N–C) groups is 1. The Bertz CT molecular complexity index is 1310. The maximum Gasteiger partial charge on any atom is 0.253 e. The number of nitrogens with zero attached hydrogens (tertiary/aromatic N) is 4. The molecule has 1 aliphatic carbocycles. The van der Waals surface area contributed by atoms with Crippen molar-refractivity contribution in [1.82, 2.24) is 15.0 Å². The van der Waals surface area contributed by atoms with Crippen LogP contribution in [0.25, 0.3) is 11.0 Å². The molecule has 3 heterocycles. The molecule has 1 aromatic carbocycles. The molecule has 2 aliphatic rings. The first kappa shape index (κ1) is 21.7. The lowest BCUT2D eigenvalue weighted by molar-refractivity contribution is 0.123. The van der Waals surface area contributed by atoms with Crippen LogP contribution in [0.1, 0.15) is 18.9 Å². The molecule has 1 fully saturated rings. The maximum absolute atomic E-state index is 15.0. The summed E-state index contributed by atoms with van der Waals surface area (Å²) in [5.74, 6) is -2.45. The third kappa shape index (κ3) is 3.35. The summed E-state index contributed by atoms with van der Waals surface area (Å²) in [5.41, 5.74) is 5.23. The Balaban J connectivity index is 1.57. The Hall–Kier alpha value is -3.15. The molecule has 3 atom stereocenters. The second-order valence-electron chi connectivity index (χ2n) is 8.10. The van der Waals surface area contributed by atoms with Crippen LogP contribution < -0.4 is 15.8 Å². The minimum Gasteiger partial charge on any atom is -0.480 e. The fourth-order valence-corrected chi connectivity index (χ4v) is 5.73. The Morgan fingerprint density at radius 2 is 2.06 bits per heavy atom. The summed E-state index contributed by atoms with van der Waals surface area (Å²) in [5, 5.41) is 2.85. The second kappa shape index (κ2) is 7.44. The summed E-state index contributed by atoms with van der Waals surface area (Å²) < 4.78 is 60.8. The summed E-state index contributed by atoms with van der Waals surface area (Å²) in [4.78, 5) is 17.0. The number of thioether (sulfide) groups is 1. The van der Waals surface area contributed by atoms with Gasteiger partial charge in [0.15, 0.2) is 22.6 Å². The van der Waals surface area contributed by atoms with Gasteiger partial charge in [-0.15, -0.1) is 0 Å². The van der Waals surface area contributed by atoms with Crippen molar-refractivity contribution in [2.45, 2.75) is 30.1 Å². The predicted molar refractivity (Wildman–Crippen MR) is 117 cm³/mol. The van der Waals surface area contributed by atoms with Crippen LogP contribution in [0, 0.1) is 17.6 Å². The molecular weight excluding hydrogens is 460 g/mol. The number of nitrogens with one attached hydrogen (secondary N) is 1. The van der Waals surface area contributed by atoms with Gasteiger partial charge in [0.2, 0.25) is 5.88 Å². The number of halogens is 4. The van der Waals surface area contributed by atoms with Crippen LogP contribution in [-0.2, 0) is 5.54 Å². The molecule has 5 rings (SSSR count). The topological polar surface area (TPSA) is 98.3 Å². The van der Waals surface area contributed by atoms with Crippen molar-refractivity contribution >= 4 is 39.5 Å². The highest BCUT2D eigenvalue weighted by molar-refractivity contribution is 8.15. The monoisotopic (exact) mass is 478 g/mol. The highest BCUT2D eigenvalue weighted by Crippen LogP contribution is 2.68. The second-order valence-corrected chi connectivity index (χ2v) is 9.48. The lowest BCUT2D eigenvalue weighted by atomic mass is 9.85. The number of anilines is 2. The molecule has 3 aromatic rings. The van der Waals surface area contributed by atoms with E-state index in [2.05, 4.69) is 25.3 Å². The third-order valence-corrected chi connectivity index (χ3v) is 7.43. The average molecular weight is 478 g/mol. The smallest absolute Gasteiger partial charge is 0.253 e. The van der Waals surface area contributed by atoms with Crippen molar-refractivity contribution in [2.24, 2.45) is 16.6 Å². The zero-order valence-corrected chi connectivity index (χ0v) is 18.3. The largest absolute Gasteiger partial charge is 0.480 e. The Morgan fingerprint density at radius 1 is 1.27 bits per heavy atom. The summed E-state index contributed by atoms with van der Waals surface area (Å²) in [6.45, 7) is 1.50. The van der Waals surface area contributed by atoms with Crippen molar-refractivity contribution in [1.29, 1.82) is 0 Å². The van der Waals surface area contributed by atoms with Crippen molar-refractivity contribution < 1.29 is 22.3 Å². The number of pyridine rings is 1. The number of hydrogen-bond donors (Lipinski definition) is 2. The van der Waals surface area contributed by atoms with Gasteiger partial charge >= 0.3 is 0 Å². The number of benzene rings is 1. The maximum atomic E-state index is 15.0.